The zero-order valence-electron chi connectivity index (χ0n) is 10.5. The van der Waals surface area contributed by atoms with Crippen LogP contribution in [0.1, 0.15) is 30.0 Å². The van der Waals surface area contributed by atoms with Crippen molar-refractivity contribution < 1.29 is 4.79 Å². The van der Waals surface area contributed by atoms with E-state index in [1.54, 1.807) is 6.07 Å². The van der Waals surface area contributed by atoms with Crippen LogP contribution in [-0.4, -0.2) is 39.4 Å². The molecular formula is C13H18N2OS. The zero-order valence-corrected chi connectivity index (χ0v) is 11.3. The van der Waals surface area contributed by atoms with Gasteiger partial charge in [0.05, 0.1) is 0 Å². The molecule has 1 aromatic rings. The largest absolute Gasteiger partial charge is 0.333 e. The number of rotatable bonds is 1. The van der Waals surface area contributed by atoms with Gasteiger partial charge in [-0.15, -0.1) is 0 Å². The molecule has 0 N–H and O–H groups in total. The molecule has 17 heavy (non-hydrogen) atoms. The standard InChI is InChI=1S/C13H18N2OS/c1-9-5-4-6-12(14-9)13(16)15-7-8-17-11(3)10(15)2/h4-6,10-11H,7-8H2,1-3H3/t10-,11-/m0/s1. The Bertz CT molecular complexity index is 422. The van der Waals surface area contributed by atoms with E-state index in [0.717, 1.165) is 18.0 Å². The summed E-state index contributed by atoms with van der Waals surface area (Å²) in [5, 5.41) is 0.498. The second kappa shape index (κ2) is 5.08. The van der Waals surface area contributed by atoms with E-state index in [4.69, 9.17) is 0 Å². The van der Waals surface area contributed by atoms with Crippen molar-refractivity contribution in [2.45, 2.75) is 32.1 Å². The lowest BCUT2D eigenvalue weighted by atomic mass is 10.2. The Morgan fingerprint density at radius 1 is 1.47 bits per heavy atom. The number of thioether (sulfide) groups is 1. The van der Waals surface area contributed by atoms with Gasteiger partial charge in [-0.3, -0.25) is 4.79 Å². The summed E-state index contributed by atoms with van der Waals surface area (Å²) in [5.74, 6) is 1.08. The van der Waals surface area contributed by atoms with Crippen molar-refractivity contribution in [3.8, 4) is 0 Å². The third kappa shape index (κ3) is 2.63. The van der Waals surface area contributed by atoms with Gasteiger partial charge in [-0.1, -0.05) is 13.0 Å². The van der Waals surface area contributed by atoms with Gasteiger partial charge in [-0.05, 0) is 26.0 Å². The van der Waals surface area contributed by atoms with Crippen LogP contribution in [0, 0.1) is 6.92 Å². The van der Waals surface area contributed by atoms with E-state index in [2.05, 4.69) is 18.8 Å². The van der Waals surface area contributed by atoms with E-state index in [0.29, 0.717) is 10.9 Å². The molecule has 2 heterocycles. The van der Waals surface area contributed by atoms with E-state index >= 15 is 0 Å². The van der Waals surface area contributed by atoms with Gasteiger partial charge in [0.25, 0.3) is 5.91 Å². The fourth-order valence-corrected chi connectivity index (χ4v) is 3.13. The summed E-state index contributed by atoms with van der Waals surface area (Å²) >= 11 is 1.93. The molecule has 92 valence electrons. The van der Waals surface area contributed by atoms with Crippen LogP contribution in [0.4, 0.5) is 0 Å². The predicted octanol–water partition coefficient (Wildman–Crippen LogP) is 2.36. The molecule has 1 aliphatic heterocycles. The van der Waals surface area contributed by atoms with E-state index < -0.39 is 0 Å². The van der Waals surface area contributed by atoms with Gasteiger partial charge in [-0.25, -0.2) is 4.98 Å². The smallest absolute Gasteiger partial charge is 0.272 e. The second-order valence-corrected chi connectivity index (χ2v) is 5.96. The monoisotopic (exact) mass is 250 g/mol. The first-order chi connectivity index (χ1) is 8.09. The van der Waals surface area contributed by atoms with Crippen molar-refractivity contribution in [1.82, 2.24) is 9.88 Å². The number of hydrogen-bond acceptors (Lipinski definition) is 3. The van der Waals surface area contributed by atoms with E-state index in [1.165, 1.54) is 0 Å². The number of nitrogens with zero attached hydrogens (tertiary/aromatic N) is 2. The van der Waals surface area contributed by atoms with Crippen LogP contribution >= 0.6 is 11.8 Å². The molecule has 0 aliphatic carbocycles. The number of carbonyl (C=O) groups excluding carboxylic acids is 1. The molecule has 1 aromatic heterocycles. The molecule has 0 spiro atoms. The maximum Gasteiger partial charge on any atom is 0.272 e. The molecule has 0 radical (unpaired) electrons. The zero-order chi connectivity index (χ0) is 12.4. The van der Waals surface area contributed by atoms with Crippen LogP contribution in [0.15, 0.2) is 18.2 Å². The highest BCUT2D eigenvalue weighted by molar-refractivity contribution is 8.00. The molecule has 2 rings (SSSR count). The Balaban J connectivity index is 2.19. The summed E-state index contributed by atoms with van der Waals surface area (Å²) in [6.07, 6.45) is 0. The summed E-state index contributed by atoms with van der Waals surface area (Å²) in [7, 11) is 0. The first-order valence-corrected chi connectivity index (χ1v) is 7.00. The normalized spacial score (nSPS) is 24.8. The Morgan fingerprint density at radius 2 is 2.24 bits per heavy atom. The number of aromatic nitrogens is 1. The minimum atomic E-state index is 0.0633. The van der Waals surface area contributed by atoms with Crippen molar-refractivity contribution in [1.29, 1.82) is 0 Å². The van der Waals surface area contributed by atoms with Gasteiger partial charge >= 0.3 is 0 Å². The first kappa shape index (κ1) is 12.4. The van der Waals surface area contributed by atoms with Gasteiger partial charge in [-0.2, -0.15) is 11.8 Å². The molecule has 2 atom stereocenters. The minimum absolute atomic E-state index is 0.0633. The summed E-state index contributed by atoms with van der Waals surface area (Å²) in [5.41, 5.74) is 1.46. The maximum atomic E-state index is 12.4. The molecule has 0 saturated carbocycles. The molecular weight excluding hydrogens is 232 g/mol. The van der Waals surface area contributed by atoms with Gasteiger partial charge in [0.1, 0.15) is 5.69 Å². The summed E-state index contributed by atoms with van der Waals surface area (Å²) in [4.78, 5) is 18.6. The molecule has 1 saturated heterocycles. The molecule has 0 unspecified atom stereocenters. The Hall–Kier alpha value is -1.03. The van der Waals surface area contributed by atoms with E-state index in [-0.39, 0.29) is 11.9 Å². The van der Waals surface area contributed by atoms with Crippen LogP contribution in [0.3, 0.4) is 0 Å². The van der Waals surface area contributed by atoms with Gasteiger partial charge in [0.2, 0.25) is 0 Å². The van der Waals surface area contributed by atoms with E-state index in [1.807, 2.05) is 35.7 Å². The van der Waals surface area contributed by atoms with Crippen LogP contribution in [-0.2, 0) is 0 Å². The summed E-state index contributed by atoms with van der Waals surface area (Å²) in [6, 6.07) is 5.88. The van der Waals surface area contributed by atoms with Crippen molar-refractivity contribution in [2.24, 2.45) is 0 Å². The van der Waals surface area contributed by atoms with Crippen LogP contribution in [0.2, 0.25) is 0 Å². The van der Waals surface area contributed by atoms with Gasteiger partial charge in [0.15, 0.2) is 0 Å². The highest BCUT2D eigenvalue weighted by Gasteiger charge is 2.29. The van der Waals surface area contributed by atoms with Crippen molar-refractivity contribution in [2.75, 3.05) is 12.3 Å². The number of hydrogen-bond donors (Lipinski definition) is 0. The molecule has 1 amide bonds. The first-order valence-electron chi connectivity index (χ1n) is 5.96. The Morgan fingerprint density at radius 3 is 2.94 bits per heavy atom. The number of pyridine rings is 1. The van der Waals surface area contributed by atoms with Crippen LogP contribution in [0.5, 0.6) is 0 Å². The third-order valence-corrected chi connectivity index (χ3v) is 4.59. The van der Waals surface area contributed by atoms with Crippen molar-refractivity contribution in [3.05, 3.63) is 29.6 Å². The molecule has 0 aromatic carbocycles. The summed E-state index contributed by atoms with van der Waals surface area (Å²) in [6.45, 7) is 7.03. The SMILES string of the molecule is Cc1cccc(C(=O)N2CCS[C@@H](C)[C@@H]2C)n1. The van der Waals surface area contributed by atoms with Crippen molar-refractivity contribution in [3.63, 3.8) is 0 Å². The maximum absolute atomic E-state index is 12.4. The highest BCUT2D eigenvalue weighted by Crippen LogP contribution is 2.25. The minimum Gasteiger partial charge on any atom is -0.333 e. The molecule has 4 heteroatoms. The number of amides is 1. The lowest BCUT2D eigenvalue weighted by Crippen LogP contribution is -2.48. The molecule has 1 aliphatic rings. The van der Waals surface area contributed by atoms with Gasteiger partial charge < -0.3 is 4.90 Å². The molecule has 3 nitrogen and oxygen atoms in total. The average molecular weight is 250 g/mol. The fraction of sp³-hybridized carbons (Fsp3) is 0.538. The average Bonchev–Trinajstić information content (AvgIpc) is 2.32. The Labute approximate surface area is 107 Å². The van der Waals surface area contributed by atoms with Gasteiger partial charge in [0, 0.05) is 29.3 Å². The fourth-order valence-electron chi connectivity index (χ4n) is 2.03. The molecule has 0 bridgehead atoms. The number of aryl methyl sites for hydroxylation is 1. The second-order valence-electron chi connectivity index (χ2n) is 4.48. The lowest BCUT2D eigenvalue weighted by molar-refractivity contribution is 0.0692. The predicted molar refractivity (Wildman–Crippen MR) is 71.4 cm³/mol. The van der Waals surface area contributed by atoms with E-state index in [9.17, 15) is 4.79 Å². The lowest BCUT2D eigenvalue weighted by Gasteiger charge is -2.37. The highest BCUT2D eigenvalue weighted by atomic mass is 32.2. The van der Waals surface area contributed by atoms with Crippen molar-refractivity contribution >= 4 is 17.7 Å². The summed E-state index contributed by atoms with van der Waals surface area (Å²) < 4.78 is 0. The van der Waals surface area contributed by atoms with Crippen LogP contribution in [0.25, 0.3) is 0 Å². The quantitative estimate of drug-likeness (QED) is 0.767. The third-order valence-electron chi connectivity index (χ3n) is 3.25. The topological polar surface area (TPSA) is 33.2 Å². The number of carbonyl (C=O) groups is 1. The Kier molecular flexibility index (Phi) is 3.72. The molecule has 1 fully saturated rings. The van der Waals surface area contributed by atoms with Crippen LogP contribution < -0.4 is 0 Å².